The van der Waals surface area contributed by atoms with Gasteiger partial charge in [0.25, 0.3) is 0 Å². The molecule has 2 heterocycles. The first kappa shape index (κ1) is 34.4. The van der Waals surface area contributed by atoms with Crippen LogP contribution in [0.5, 0.6) is 0 Å². The smallest absolute Gasteiger partial charge is 0.171 e. The minimum Gasteiger partial charge on any atom is -0.396 e. The second-order valence-corrected chi connectivity index (χ2v) is 15.5. The van der Waals surface area contributed by atoms with Crippen molar-refractivity contribution >= 4 is 33.9 Å². The second kappa shape index (κ2) is 13.6. The Bertz CT molecular complexity index is 2240. The van der Waals surface area contributed by atoms with Crippen LogP contribution in [0.2, 0.25) is 0 Å². The maximum Gasteiger partial charge on any atom is 0.171 e. The highest BCUT2D eigenvalue weighted by molar-refractivity contribution is 6.08. The lowest BCUT2D eigenvalue weighted by Crippen LogP contribution is -2.45. The van der Waals surface area contributed by atoms with Gasteiger partial charge in [0.1, 0.15) is 0 Å². The van der Waals surface area contributed by atoms with Gasteiger partial charge in [0, 0.05) is 61.9 Å². The molecule has 1 fully saturated rings. The number of Topliss-reactive ketones (excluding diaryl/α,β-unsaturated/α-hetero) is 1. The predicted octanol–water partition coefficient (Wildman–Crippen LogP) is 5.36. The van der Waals surface area contributed by atoms with E-state index in [2.05, 4.69) is 81.2 Å². The Morgan fingerprint density at radius 3 is 2.22 bits per heavy atom. The van der Waals surface area contributed by atoms with Gasteiger partial charge in [0.15, 0.2) is 5.78 Å². The lowest BCUT2D eigenvalue weighted by atomic mass is 9.66. The molecule has 1 aromatic heterocycles. The Morgan fingerprint density at radius 2 is 1.50 bits per heavy atom. The van der Waals surface area contributed by atoms with Crippen molar-refractivity contribution in [3.63, 3.8) is 0 Å². The molecule has 7 rings (SSSR count). The summed E-state index contributed by atoms with van der Waals surface area (Å²) >= 11 is 0. The third kappa shape index (κ3) is 6.01. The Labute approximate surface area is 294 Å². The van der Waals surface area contributed by atoms with Crippen LogP contribution in [0.3, 0.4) is 0 Å². The fraction of sp³-hybridized carbons (Fsp3) is 0.409. The van der Waals surface area contributed by atoms with E-state index in [1.54, 1.807) is 0 Å². The molecule has 4 aliphatic rings. The molecule has 4 N–H and O–H groups in total. The topological polar surface area (TPSA) is 106 Å². The van der Waals surface area contributed by atoms with Gasteiger partial charge in [0.2, 0.25) is 0 Å². The van der Waals surface area contributed by atoms with Crippen LogP contribution in [-0.2, 0) is 4.79 Å². The summed E-state index contributed by atoms with van der Waals surface area (Å²) in [5, 5.41) is 36.2. The van der Waals surface area contributed by atoms with Crippen molar-refractivity contribution in [1.82, 2.24) is 4.98 Å². The van der Waals surface area contributed by atoms with E-state index in [1.807, 2.05) is 24.3 Å². The van der Waals surface area contributed by atoms with E-state index in [-0.39, 0.29) is 24.4 Å². The molecule has 0 amide bonds. The fourth-order valence-electron chi connectivity index (χ4n) is 8.55. The number of carbonyl (C=O) groups excluding carboxylic acids is 1. The number of para-hydroxylation sites is 2. The summed E-state index contributed by atoms with van der Waals surface area (Å²) in [4.78, 5) is 22.8. The number of carbonyl (C=O) groups is 1. The van der Waals surface area contributed by atoms with Crippen LogP contribution in [-0.4, -0.2) is 45.4 Å². The van der Waals surface area contributed by atoms with Crippen molar-refractivity contribution in [3.8, 4) is 0 Å². The normalized spacial score (nSPS) is 23.4. The molecule has 2 aromatic carbocycles. The standard InChI is InChI=1S/C44H50N2O4/c1-43(2)25-37-39(29-17-9-11-19-35(29)45-37)27(15-7-5-13-21-47)33(43)23-31-41(49)32(42(31)50)24-34-28(16-8-6-14-22-48)40-30-18-10-12-20-36(30)46-38(40)26-44(34,3)4/h9-12,17-20,23-26,31,41,45,47-49H,5-8,13-16,21-22H2,1-4H3. The van der Waals surface area contributed by atoms with Gasteiger partial charge in [-0.25, -0.2) is 4.99 Å². The quantitative estimate of drug-likeness (QED) is 0.154. The van der Waals surface area contributed by atoms with Gasteiger partial charge < -0.3 is 20.3 Å². The molecule has 2 atom stereocenters. The van der Waals surface area contributed by atoms with Gasteiger partial charge in [-0.15, -0.1) is 0 Å². The fourth-order valence-corrected chi connectivity index (χ4v) is 8.55. The molecule has 1 saturated carbocycles. The van der Waals surface area contributed by atoms with E-state index in [0.717, 1.165) is 95.2 Å². The minimum atomic E-state index is -0.902. The first-order valence-corrected chi connectivity index (χ1v) is 18.4. The van der Waals surface area contributed by atoms with E-state index in [9.17, 15) is 20.1 Å². The minimum absolute atomic E-state index is 0.0237. The zero-order chi connectivity index (χ0) is 35.2. The molecule has 260 valence electrons. The Kier molecular flexibility index (Phi) is 9.31. The average molecular weight is 671 g/mol. The molecule has 2 unspecified atom stereocenters. The first-order chi connectivity index (χ1) is 24.1. The molecule has 0 spiro atoms. The van der Waals surface area contributed by atoms with E-state index >= 15 is 0 Å². The van der Waals surface area contributed by atoms with Crippen LogP contribution in [0.1, 0.15) is 79.1 Å². The number of benzene rings is 2. The SMILES string of the molecule is CC1(C)C=c2[nH]c3ccccc3c2=C(CCCCCO)C1=CC1C(=O)C(=CC2=C(CCCCCO)C3=c4ccccc4=NC3=CC2(C)C)C1O. The van der Waals surface area contributed by atoms with E-state index < -0.39 is 17.4 Å². The summed E-state index contributed by atoms with van der Waals surface area (Å²) in [7, 11) is 0. The second-order valence-electron chi connectivity index (χ2n) is 15.5. The Hall–Kier alpha value is -4.10. The van der Waals surface area contributed by atoms with Crippen LogP contribution in [0.4, 0.5) is 0 Å². The lowest BCUT2D eigenvalue weighted by Gasteiger charge is -2.38. The summed E-state index contributed by atoms with van der Waals surface area (Å²) in [6.07, 6.45) is 14.5. The number of nitrogens with zero attached hydrogens (tertiary/aromatic N) is 1. The summed E-state index contributed by atoms with van der Waals surface area (Å²) in [5.41, 5.74) is 7.49. The highest BCUT2D eigenvalue weighted by Crippen LogP contribution is 2.48. The molecule has 0 saturated heterocycles. The van der Waals surface area contributed by atoms with Gasteiger partial charge in [0.05, 0.1) is 23.1 Å². The maximum atomic E-state index is 14.2. The third-order valence-corrected chi connectivity index (χ3v) is 11.1. The van der Waals surface area contributed by atoms with Gasteiger partial charge in [-0.2, -0.15) is 0 Å². The van der Waals surface area contributed by atoms with Gasteiger partial charge in [-0.3, -0.25) is 4.79 Å². The number of H-pyrrole nitrogens is 1. The number of aliphatic hydroxyl groups is 3. The van der Waals surface area contributed by atoms with Gasteiger partial charge >= 0.3 is 0 Å². The molecule has 6 heteroatoms. The molecule has 3 aromatic rings. The summed E-state index contributed by atoms with van der Waals surface area (Å²) < 4.78 is 0. The van der Waals surface area contributed by atoms with Crippen molar-refractivity contribution in [2.75, 3.05) is 13.2 Å². The maximum absolute atomic E-state index is 14.2. The van der Waals surface area contributed by atoms with Crippen LogP contribution in [0.25, 0.3) is 28.1 Å². The summed E-state index contributed by atoms with van der Waals surface area (Å²) in [5.74, 6) is -0.645. The Morgan fingerprint density at radius 1 is 0.820 bits per heavy atom. The van der Waals surface area contributed by atoms with Crippen molar-refractivity contribution < 1.29 is 20.1 Å². The number of ketones is 1. The number of aromatic nitrogens is 1. The largest absolute Gasteiger partial charge is 0.396 e. The zero-order valence-electron chi connectivity index (χ0n) is 29.9. The predicted molar refractivity (Wildman–Crippen MR) is 201 cm³/mol. The molecule has 6 nitrogen and oxygen atoms in total. The van der Waals surface area contributed by atoms with Crippen molar-refractivity contribution in [3.05, 3.63) is 116 Å². The molecule has 0 radical (unpaired) electrons. The van der Waals surface area contributed by atoms with E-state index in [0.29, 0.717) is 5.57 Å². The Balaban J connectivity index is 1.30. The van der Waals surface area contributed by atoms with Gasteiger partial charge in [-0.05, 0) is 85.1 Å². The first-order valence-electron chi connectivity index (χ1n) is 18.4. The number of fused-ring (bicyclic) bond motifs is 5. The van der Waals surface area contributed by atoms with Crippen LogP contribution < -0.4 is 21.1 Å². The van der Waals surface area contributed by atoms with E-state index in [1.165, 1.54) is 21.8 Å². The number of aliphatic hydroxyl groups excluding tert-OH is 3. The number of aromatic amines is 1. The molecule has 1 aliphatic heterocycles. The molecule has 50 heavy (non-hydrogen) atoms. The number of nitrogens with one attached hydrogen (secondary N) is 1. The van der Waals surface area contributed by atoms with Crippen molar-refractivity contribution in [2.24, 2.45) is 21.7 Å². The number of hydrogen-bond acceptors (Lipinski definition) is 5. The monoisotopic (exact) mass is 670 g/mol. The zero-order valence-corrected chi connectivity index (χ0v) is 29.9. The lowest BCUT2D eigenvalue weighted by molar-refractivity contribution is -0.127. The number of rotatable bonds is 12. The molecule has 3 aliphatic carbocycles. The molecule has 0 bridgehead atoms. The third-order valence-electron chi connectivity index (χ3n) is 11.1. The summed E-state index contributed by atoms with van der Waals surface area (Å²) in [6.45, 7) is 9.08. The van der Waals surface area contributed by atoms with Crippen LogP contribution >= 0.6 is 0 Å². The number of allylic oxidation sites excluding steroid dienone is 5. The van der Waals surface area contributed by atoms with Gasteiger partial charge in [-0.1, -0.05) is 89.1 Å². The molecular weight excluding hydrogens is 620 g/mol. The number of unbranched alkanes of at least 4 members (excludes halogenated alkanes) is 4. The molecular formula is C44H50N2O4. The van der Waals surface area contributed by atoms with Crippen LogP contribution in [0.15, 0.2) is 99.7 Å². The van der Waals surface area contributed by atoms with Crippen molar-refractivity contribution in [1.29, 1.82) is 0 Å². The van der Waals surface area contributed by atoms with E-state index in [4.69, 9.17) is 4.99 Å². The van der Waals surface area contributed by atoms with Crippen molar-refractivity contribution in [2.45, 2.75) is 85.2 Å². The average Bonchev–Trinajstić information content (AvgIpc) is 3.63. The summed E-state index contributed by atoms with van der Waals surface area (Å²) in [6, 6.07) is 16.6. The highest BCUT2D eigenvalue weighted by atomic mass is 16.3. The van der Waals surface area contributed by atoms with Crippen LogP contribution in [0, 0.1) is 16.7 Å². The number of hydrogen-bond donors (Lipinski definition) is 4. The highest BCUT2D eigenvalue weighted by Gasteiger charge is 2.45.